The van der Waals surface area contributed by atoms with Crippen LogP contribution in [0.3, 0.4) is 0 Å². The summed E-state index contributed by atoms with van der Waals surface area (Å²) in [7, 11) is 0. The lowest BCUT2D eigenvalue weighted by Gasteiger charge is -2.13. The first-order chi connectivity index (χ1) is 30.7. The summed E-state index contributed by atoms with van der Waals surface area (Å²) in [6.07, 6.45) is 0. The zero-order valence-corrected chi connectivity index (χ0v) is 33.6. The molecule has 0 saturated carbocycles. The van der Waals surface area contributed by atoms with Crippen molar-refractivity contribution in [1.29, 1.82) is 0 Å². The van der Waals surface area contributed by atoms with Crippen molar-refractivity contribution in [2.45, 2.75) is 0 Å². The minimum atomic E-state index is 0.618. The molecule has 0 amide bonds. The number of fused-ring (bicyclic) bond motifs is 6. The minimum Gasteiger partial charge on any atom is -0.309 e. The van der Waals surface area contributed by atoms with Crippen molar-refractivity contribution in [3.05, 3.63) is 224 Å². The molecule has 0 radical (unpaired) electrons. The fourth-order valence-corrected chi connectivity index (χ4v) is 9.09. The molecular formula is C57H37N5. The Morgan fingerprint density at radius 2 is 0.710 bits per heavy atom. The third-order valence-electron chi connectivity index (χ3n) is 12.0. The quantitative estimate of drug-likeness (QED) is 0.162. The lowest BCUT2D eigenvalue weighted by Crippen LogP contribution is -2.01. The van der Waals surface area contributed by atoms with E-state index in [-0.39, 0.29) is 0 Å². The van der Waals surface area contributed by atoms with Gasteiger partial charge in [0.15, 0.2) is 17.5 Å². The summed E-state index contributed by atoms with van der Waals surface area (Å²) < 4.78 is 4.77. The number of para-hydroxylation sites is 4. The van der Waals surface area contributed by atoms with E-state index in [2.05, 4.69) is 197 Å². The van der Waals surface area contributed by atoms with Gasteiger partial charge in [-0.15, -0.1) is 0 Å². The van der Waals surface area contributed by atoms with Gasteiger partial charge < -0.3 is 9.13 Å². The first kappa shape index (κ1) is 35.5. The topological polar surface area (TPSA) is 48.5 Å². The number of hydrogen-bond acceptors (Lipinski definition) is 3. The van der Waals surface area contributed by atoms with Crippen molar-refractivity contribution in [1.82, 2.24) is 24.1 Å². The van der Waals surface area contributed by atoms with Crippen LogP contribution in [0.25, 0.3) is 111 Å². The molecule has 5 nitrogen and oxygen atoms in total. The number of aromatic nitrogens is 5. The molecule has 3 aromatic heterocycles. The van der Waals surface area contributed by atoms with E-state index in [1.54, 1.807) is 0 Å². The lowest BCUT2D eigenvalue weighted by atomic mass is 10.00. The Kier molecular flexibility index (Phi) is 8.42. The molecule has 0 aliphatic rings. The summed E-state index contributed by atoms with van der Waals surface area (Å²) in [5.74, 6) is 1.88. The van der Waals surface area contributed by atoms with Crippen molar-refractivity contribution in [3.8, 4) is 67.8 Å². The van der Waals surface area contributed by atoms with E-state index >= 15 is 0 Å². The first-order valence-electron chi connectivity index (χ1n) is 20.9. The normalized spacial score (nSPS) is 11.5. The van der Waals surface area contributed by atoms with E-state index in [9.17, 15) is 0 Å². The van der Waals surface area contributed by atoms with Gasteiger partial charge in [-0.3, -0.25) is 0 Å². The van der Waals surface area contributed by atoms with Gasteiger partial charge in [0, 0.05) is 55.2 Å². The molecule has 3 heterocycles. The molecule has 0 aliphatic heterocycles. The molecule has 0 fully saturated rings. The molecule has 12 rings (SSSR count). The van der Waals surface area contributed by atoms with Crippen LogP contribution in [0.4, 0.5) is 0 Å². The lowest BCUT2D eigenvalue weighted by molar-refractivity contribution is 1.07. The van der Waals surface area contributed by atoms with Gasteiger partial charge in [-0.2, -0.15) is 0 Å². The van der Waals surface area contributed by atoms with Gasteiger partial charge in [-0.25, -0.2) is 15.0 Å². The second-order valence-electron chi connectivity index (χ2n) is 15.6. The fraction of sp³-hybridized carbons (Fsp3) is 0. The first-order valence-corrected chi connectivity index (χ1v) is 20.9. The molecule has 12 aromatic rings. The minimum absolute atomic E-state index is 0.618. The third kappa shape index (κ3) is 5.98. The molecule has 62 heavy (non-hydrogen) atoms. The fourth-order valence-electron chi connectivity index (χ4n) is 9.09. The van der Waals surface area contributed by atoms with E-state index in [0.717, 1.165) is 44.7 Å². The van der Waals surface area contributed by atoms with Crippen LogP contribution in [0.15, 0.2) is 224 Å². The maximum atomic E-state index is 5.13. The zero-order chi connectivity index (χ0) is 41.0. The molecule has 0 aliphatic carbocycles. The Balaban J connectivity index is 1.000. The summed E-state index contributed by atoms with van der Waals surface area (Å²) in [5, 5.41) is 4.87. The van der Waals surface area contributed by atoms with E-state index < -0.39 is 0 Å². The number of rotatable bonds is 7. The van der Waals surface area contributed by atoms with Crippen molar-refractivity contribution >= 4 is 43.6 Å². The van der Waals surface area contributed by atoms with E-state index in [0.29, 0.717) is 17.5 Å². The molecule has 0 spiro atoms. The standard InChI is InChI=1S/C57H37N5/c1-4-16-38(17-5-1)39-30-32-41(33-31-39)56-58-55(40-18-6-2-7-19-40)59-57(60-56)43-20-14-23-45(36-43)61-51-28-12-11-25-48(51)50-37-42(34-35-53(50)61)46-26-15-27-49-47-24-10-13-29-52(47)62(54(46)49)44-21-8-3-9-22-44/h1-37H. The van der Waals surface area contributed by atoms with Crippen LogP contribution in [-0.2, 0) is 0 Å². The highest BCUT2D eigenvalue weighted by molar-refractivity contribution is 6.15. The molecule has 0 atom stereocenters. The van der Waals surface area contributed by atoms with Crippen LogP contribution in [0.1, 0.15) is 0 Å². The van der Waals surface area contributed by atoms with Crippen molar-refractivity contribution in [2.24, 2.45) is 0 Å². The van der Waals surface area contributed by atoms with E-state index in [1.807, 2.05) is 36.4 Å². The Labute approximate surface area is 358 Å². The Bertz CT molecular complexity index is 3610. The molecule has 5 heteroatoms. The van der Waals surface area contributed by atoms with Gasteiger partial charge in [-0.1, -0.05) is 176 Å². The second-order valence-corrected chi connectivity index (χ2v) is 15.6. The third-order valence-corrected chi connectivity index (χ3v) is 12.0. The van der Waals surface area contributed by atoms with E-state index in [4.69, 9.17) is 15.0 Å². The number of nitrogens with zero attached hydrogens (tertiary/aromatic N) is 5. The average Bonchev–Trinajstić information content (AvgIpc) is 3.88. The maximum absolute atomic E-state index is 5.13. The summed E-state index contributed by atoms with van der Waals surface area (Å²) >= 11 is 0. The predicted octanol–water partition coefficient (Wildman–Crippen LogP) is 14.4. The molecule has 0 N–H and O–H groups in total. The van der Waals surface area contributed by atoms with Crippen LogP contribution in [0.2, 0.25) is 0 Å². The average molecular weight is 792 g/mol. The number of hydrogen-bond donors (Lipinski definition) is 0. The molecule has 9 aromatic carbocycles. The van der Waals surface area contributed by atoms with Gasteiger partial charge in [0.2, 0.25) is 0 Å². The SMILES string of the molecule is c1ccc(-c2ccc(-c3nc(-c4ccccc4)nc(-c4cccc(-n5c6ccccc6c6cc(-c7cccc8c9ccccc9n(-c9ccccc9)c78)ccc65)c4)n3)cc2)cc1. The van der Waals surface area contributed by atoms with Crippen molar-refractivity contribution < 1.29 is 0 Å². The van der Waals surface area contributed by atoms with Crippen LogP contribution >= 0.6 is 0 Å². The molecule has 0 saturated heterocycles. The number of benzene rings is 9. The van der Waals surface area contributed by atoms with Crippen molar-refractivity contribution in [3.63, 3.8) is 0 Å². The Morgan fingerprint density at radius 3 is 1.42 bits per heavy atom. The highest BCUT2D eigenvalue weighted by atomic mass is 15.0. The molecule has 0 unspecified atom stereocenters. The van der Waals surface area contributed by atoms with Gasteiger partial charge in [0.25, 0.3) is 0 Å². The summed E-state index contributed by atoms with van der Waals surface area (Å²) in [6.45, 7) is 0. The van der Waals surface area contributed by atoms with Gasteiger partial charge >= 0.3 is 0 Å². The van der Waals surface area contributed by atoms with Gasteiger partial charge in [0.05, 0.1) is 22.1 Å². The summed E-state index contributed by atoms with van der Waals surface area (Å²) in [6, 6.07) is 79.3. The predicted molar refractivity (Wildman–Crippen MR) is 256 cm³/mol. The van der Waals surface area contributed by atoms with Gasteiger partial charge in [-0.05, 0) is 65.2 Å². The van der Waals surface area contributed by atoms with Crippen molar-refractivity contribution in [2.75, 3.05) is 0 Å². The summed E-state index contributed by atoms with van der Waals surface area (Å²) in [5.41, 5.74) is 14.3. The monoisotopic (exact) mass is 791 g/mol. The highest BCUT2D eigenvalue weighted by Gasteiger charge is 2.19. The van der Waals surface area contributed by atoms with Crippen LogP contribution in [-0.4, -0.2) is 24.1 Å². The Hall–Kier alpha value is -8.41. The zero-order valence-electron chi connectivity index (χ0n) is 33.6. The molecular weight excluding hydrogens is 755 g/mol. The van der Waals surface area contributed by atoms with Gasteiger partial charge in [0.1, 0.15) is 0 Å². The smallest absolute Gasteiger partial charge is 0.164 e. The highest BCUT2D eigenvalue weighted by Crippen LogP contribution is 2.41. The van der Waals surface area contributed by atoms with E-state index in [1.165, 1.54) is 49.3 Å². The van der Waals surface area contributed by atoms with Crippen LogP contribution in [0.5, 0.6) is 0 Å². The summed E-state index contributed by atoms with van der Waals surface area (Å²) in [4.78, 5) is 15.2. The van der Waals surface area contributed by atoms with Crippen LogP contribution < -0.4 is 0 Å². The second kappa shape index (κ2) is 14.7. The Morgan fingerprint density at radius 1 is 0.258 bits per heavy atom. The largest absolute Gasteiger partial charge is 0.309 e. The maximum Gasteiger partial charge on any atom is 0.164 e. The van der Waals surface area contributed by atoms with Crippen LogP contribution in [0, 0.1) is 0 Å². The molecule has 290 valence electrons. The molecule has 0 bridgehead atoms.